The molecular formula is C16H19FN4O3. The van der Waals surface area contributed by atoms with Gasteiger partial charge in [0.05, 0.1) is 0 Å². The highest BCUT2D eigenvalue weighted by Gasteiger charge is 2.28. The number of aromatic nitrogens is 2. The molecular weight excluding hydrogens is 315 g/mol. The van der Waals surface area contributed by atoms with Gasteiger partial charge < -0.3 is 14.2 Å². The van der Waals surface area contributed by atoms with Crippen LogP contribution in [0.25, 0.3) is 0 Å². The summed E-state index contributed by atoms with van der Waals surface area (Å²) in [5.74, 6) is -0.861. The molecule has 2 heterocycles. The Kier molecular flexibility index (Phi) is 4.37. The summed E-state index contributed by atoms with van der Waals surface area (Å²) >= 11 is 0. The Labute approximate surface area is 138 Å². The number of carbonyl (C=O) groups excluding carboxylic acids is 1. The van der Waals surface area contributed by atoms with Crippen molar-refractivity contribution in [1.82, 2.24) is 14.7 Å². The molecule has 128 valence electrons. The lowest BCUT2D eigenvalue weighted by Crippen LogP contribution is -2.55. The third-order valence-electron chi connectivity index (χ3n) is 4.11. The number of aryl methyl sites for hydroxylation is 1. The van der Waals surface area contributed by atoms with Crippen molar-refractivity contribution in [3.8, 4) is 0 Å². The van der Waals surface area contributed by atoms with Crippen molar-refractivity contribution in [1.29, 1.82) is 0 Å². The van der Waals surface area contributed by atoms with Crippen LogP contribution in [0.1, 0.15) is 12.8 Å². The molecule has 8 heteroatoms. The van der Waals surface area contributed by atoms with Crippen LogP contribution in [0.15, 0.2) is 33.5 Å². The number of hydrogen-bond acceptors (Lipinski definition) is 5. The molecule has 0 bridgehead atoms. The van der Waals surface area contributed by atoms with Crippen molar-refractivity contribution < 1.29 is 13.6 Å². The van der Waals surface area contributed by atoms with Gasteiger partial charge in [0.15, 0.2) is 0 Å². The molecule has 7 nitrogen and oxygen atoms in total. The molecule has 3 rings (SSSR count). The van der Waals surface area contributed by atoms with Gasteiger partial charge in [0.25, 0.3) is 0 Å². The van der Waals surface area contributed by atoms with E-state index in [4.69, 9.17) is 4.42 Å². The predicted molar refractivity (Wildman–Crippen MR) is 85.3 cm³/mol. The molecule has 1 fully saturated rings. The molecule has 24 heavy (non-hydrogen) atoms. The second-order valence-electron chi connectivity index (χ2n) is 5.91. The maximum Gasteiger partial charge on any atom is 0.437 e. The van der Waals surface area contributed by atoms with E-state index in [1.807, 2.05) is 17.9 Å². The molecule has 0 aliphatic carbocycles. The number of hydrogen-bond donors (Lipinski definition) is 0. The van der Waals surface area contributed by atoms with Crippen LogP contribution in [0.2, 0.25) is 0 Å². The molecule has 0 saturated carbocycles. The van der Waals surface area contributed by atoms with Crippen LogP contribution in [0.4, 0.5) is 10.1 Å². The minimum Gasteiger partial charge on any atom is -0.393 e. The molecule has 1 unspecified atom stereocenters. The fraction of sp³-hybridized carbons (Fsp3) is 0.438. The zero-order valence-corrected chi connectivity index (χ0v) is 13.6. The highest BCUT2D eigenvalue weighted by atomic mass is 19.1. The van der Waals surface area contributed by atoms with E-state index in [1.165, 1.54) is 12.1 Å². The second kappa shape index (κ2) is 6.46. The summed E-state index contributed by atoms with van der Waals surface area (Å²) in [7, 11) is 0. The van der Waals surface area contributed by atoms with E-state index in [0.717, 1.165) is 10.4 Å². The summed E-state index contributed by atoms with van der Waals surface area (Å²) in [6.07, 6.45) is 0. The first kappa shape index (κ1) is 16.2. The van der Waals surface area contributed by atoms with Gasteiger partial charge in [-0.05, 0) is 25.1 Å². The second-order valence-corrected chi connectivity index (χ2v) is 5.91. The summed E-state index contributed by atoms with van der Waals surface area (Å²) in [6.45, 7) is 5.06. The highest BCUT2D eigenvalue weighted by molar-refractivity contribution is 5.76. The third kappa shape index (κ3) is 3.32. The van der Waals surface area contributed by atoms with Crippen LogP contribution >= 0.6 is 0 Å². The van der Waals surface area contributed by atoms with Gasteiger partial charge in [0.2, 0.25) is 11.8 Å². The van der Waals surface area contributed by atoms with Gasteiger partial charge in [-0.25, -0.2) is 9.18 Å². The zero-order chi connectivity index (χ0) is 17.3. The van der Waals surface area contributed by atoms with Crippen LogP contribution in [0, 0.1) is 12.7 Å². The predicted octanol–water partition coefficient (Wildman–Crippen LogP) is 1.02. The van der Waals surface area contributed by atoms with E-state index in [1.54, 1.807) is 17.9 Å². The number of halogens is 1. The molecule has 0 spiro atoms. The van der Waals surface area contributed by atoms with Crippen molar-refractivity contribution in [2.24, 2.45) is 0 Å². The van der Waals surface area contributed by atoms with Gasteiger partial charge in [-0.3, -0.25) is 4.79 Å². The van der Waals surface area contributed by atoms with E-state index in [9.17, 15) is 14.0 Å². The fourth-order valence-corrected chi connectivity index (χ4v) is 2.96. The molecule has 1 aliphatic heterocycles. The highest BCUT2D eigenvalue weighted by Crippen LogP contribution is 2.20. The topological polar surface area (TPSA) is 71.6 Å². The van der Waals surface area contributed by atoms with Crippen LogP contribution < -0.4 is 10.7 Å². The fourth-order valence-electron chi connectivity index (χ4n) is 2.96. The molecule has 1 amide bonds. The maximum absolute atomic E-state index is 13.4. The van der Waals surface area contributed by atoms with Crippen molar-refractivity contribution in [2.45, 2.75) is 26.4 Å². The molecule has 1 aromatic carbocycles. The summed E-state index contributed by atoms with van der Waals surface area (Å²) in [5, 5.41) is 3.88. The lowest BCUT2D eigenvalue weighted by Gasteiger charge is -2.41. The van der Waals surface area contributed by atoms with Crippen LogP contribution in [0.5, 0.6) is 0 Å². The van der Waals surface area contributed by atoms with E-state index < -0.39 is 5.76 Å². The van der Waals surface area contributed by atoms with Crippen molar-refractivity contribution >= 4 is 11.6 Å². The van der Waals surface area contributed by atoms with E-state index in [0.29, 0.717) is 19.6 Å². The number of nitrogens with zero attached hydrogens (tertiary/aromatic N) is 4. The van der Waals surface area contributed by atoms with Gasteiger partial charge in [0.1, 0.15) is 12.4 Å². The summed E-state index contributed by atoms with van der Waals surface area (Å²) < 4.78 is 19.2. The molecule has 1 saturated heterocycles. The largest absolute Gasteiger partial charge is 0.437 e. The Morgan fingerprint density at radius 1 is 1.42 bits per heavy atom. The number of amides is 1. The molecule has 0 radical (unpaired) electrons. The Balaban J connectivity index is 1.66. The van der Waals surface area contributed by atoms with Crippen molar-refractivity contribution in [2.75, 3.05) is 24.5 Å². The quantitative estimate of drug-likeness (QED) is 0.838. The molecule has 1 atom stereocenters. The number of anilines is 1. The van der Waals surface area contributed by atoms with Gasteiger partial charge >= 0.3 is 5.76 Å². The average Bonchev–Trinajstić information content (AvgIpc) is 2.84. The third-order valence-corrected chi connectivity index (χ3v) is 4.11. The van der Waals surface area contributed by atoms with Gasteiger partial charge in [-0.15, -0.1) is 5.10 Å². The number of rotatable bonds is 3. The molecule has 1 aromatic heterocycles. The SMILES string of the molecule is Cc1nn(CC(=O)N2CCN(c3cccc(F)c3)CC2C)c(=O)o1. The standard InChI is InChI=1S/C16H19FN4O3/c1-11-9-19(14-5-3-4-13(17)8-14)6-7-20(11)15(22)10-21-16(23)24-12(2)18-21/h3-5,8,11H,6-7,9-10H2,1-2H3. The van der Waals surface area contributed by atoms with E-state index >= 15 is 0 Å². The minimum absolute atomic E-state index is 0.0572. The molecule has 1 aliphatic rings. The Morgan fingerprint density at radius 2 is 2.21 bits per heavy atom. The lowest BCUT2D eigenvalue weighted by atomic mass is 10.1. The van der Waals surface area contributed by atoms with E-state index in [2.05, 4.69) is 5.10 Å². The van der Waals surface area contributed by atoms with Crippen molar-refractivity contribution in [3.63, 3.8) is 0 Å². The Bertz CT molecular complexity index is 801. The normalized spacial score (nSPS) is 18.0. The number of piperazine rings is 1. The minimum atomic E-state index is -0.633. The summed E-state index contributed by atoms with van der Waals surface area (Å²) in [6, 6.07) is 6.36. The monoisotopic (exact) mass is 334 g/mol. The van der Waals surface area contributed by atoms with Crippen LogP contribution in [0.3, 0.4) is 0 Å². The average molecular weight is 334 g/mol. The first-order valence-electron chi connectivity index (χ1n) is 7.78. The first-order valence-corrected chi connectivity index (χ1v) is 7.78. The van der Waals surface area contributed by atoms with Crippen LogP contribution in [-0.4, -0.2) is 46.3 Å². The Morgan fingerprint density at radius 3 is 2.83 bits per heavy atom. The van der Waals surface area contributed by atoms with Gasteiger partial charge in [-0.1, -0.05) is 6.07 Å². The van der Waals surface area contributed by atoms with Crippen LogP contribution in [-0.2, 0) is 11.3 Å². The Hall–Kier alpha value is -2.64. The van der Waals surface area contributed by atoms with Gasteiger partial charge in [0, 0.05) is 38.3 Å². The zero-order valence-electron chi connectivity index (χ0n) is 13.6. The first-order chi connectivity index (χ1) is 11.4. The van der Waals surface area contributed by atoms with Gasteiger partial charge in [-0.2, -0.15) is 4.68 Å². The van der Waals surface area contributed by atoms with E-state index in [-0.39, 0.29) is 30.2 Å². The molecule has 0 N–H and O–H groups in total. The number of benzene rings is 1. The van der Waals surface area contributed by atoms with Crippen molar-refractivity contribution in [3.05, 3.63) is 46.5 Å². The smallest absolute Gasteiger partial charge is 0.393 e. The lowest BCUT2D eigenvalue weighted by molar-refractivity contribution is -0.134. The maximum atomic E-state index is 13.4. The molecule has 2 aromatic rings. The summed E-state index contributed by atoms with van der Waals surface area (Å²) in [5.41, 5.74) is 0.803. The number of carbonyl (C=O) groups is 1. The summed E-state index contributed by atoms with van der Waals surface area (Å²) in [4.78, 5) is 27.7.